The summed E-state index contributed by atoms with van der Waals surface area (Å²) in [6.45, 7) is 3.77. The van der Waals surface area contributed by atoms with E-state index < -0.39 is 0 Å². The van der Waals surface area contributed by atoms with E-state index in [0.29, 0.717) is 25.1 Å². The smallest absolute Gasteiger partial charge is 0.251 e. The van der Waals surface area contributed by atoms with E-state index in [1.807, 2.05) is 4.90 Å². The van der Waals surface area contributed by atoms with Gasteiger partial charge in [0.1, 0.15) is 5.82 Å². The van der Waals surface area contributed by atoms with E-state index in [9.17, 15) is 14.0 Å². The van der Waals surface area contributed by atoms with Crippen LogP contribution in [-0.2, 0) is 4.79 Å². The van der Waals surface area contributed by atoms with E-state index in [1.54, 1.807) is 0 Å². The molecule has 6 heteroatoms. The number of piperidine rings is 2. The normalized spacial score (nSPS) is 20.2. The van der Waals surface area contributed by atoms with E-state index in [-0.39, 0.29) is 23.0 Å². The van der Waals surface area contributed by atoms with Crippen LogP contribution in [0.1, 0.15) is 36.0 Å². The van der Waals surface area contributed by atoms with Crippen molar-refractivity contribution in [3.63, 3.8) is 0 Å². The molecule has 24 heavy (non-hydrogen) atoms. The number of likely N-dealkylation sites (tertiary alicyclic amines) is 1. The average molecular weight is 333 g/mol. The second-order valence-electron chi connectivity index (χ2n) is 6.83. The van der Waals surface area contributed by atoms with Gasteiger partial charge in [0, 0.05) is 31.6 Å². The van der Waals surface area contributed by atoms with Gasteiger partial charge >= 0.3 is 0 Å². The Kier molecular flexibility index (Phi) is 5.14. The van der Waals surface area contributed by atoms with Crippen molar-refractivity contribution in [3.05, 3.63) is 35.6 Å². The fourth-order valence-electron chi connectivity index (χ4n) is 3.68. The molecule has 5 nitrogen and oxygen atoms in total. The molecule has 0 aromatic heterocycles. The second kappa shape index (κ2) is 7.30. The number of hydrogen-bond donors (Lipinski definition) is 2. The summed E-state index contributed by atoms with van der Waals surface area (Å²) in [5, 5.41) is 6.19. The summed E-state index contributed by atoms with van der Waals surface area (Å²) in [7, 11) is 0. The van der Waals surface area contributed by atoms with Crippen molar-refractivity contribution in [3.8, 4) is 0 Å². The highest BCUT2D eigenvalue weighted by molar-refractivity contribution is 5.94. The Labute approximate surface area is 141 Å². The van der Waals surface area contributed by atoms with E-state index in [4.69, 9.17) is 0 Å². The maximum atomic E-state index is 12.9. The van der Waals surface area contributed by atoms with Gasteiger partial charge in [0.15, 0.2) is 0 Å². The van der Waals surface area contributed by atoms with Crippen LogP contribution in [0.15, 0.2) is 24.3 Å². The number of nitrogens with one attached hydrogen (secondary N) is 2. The zero-order valence-electron chi connectivity index (χ0n) is 13.8. The lowest BCUT2D eigenvalue weighted by Crippen LogP contribution is -2.52. The van der Waals surface area contributed by atoms with Crippen LogP contribution in [0.5, 0.6) is 0 Å². The molecule has 2 aliphatic rings. The van der Waals surface area contributed by atoms with E-state index >= 15 is 0 Å². The molecule has 130 valence electrons. The highest BCUT2D eigenvalue weighted by Crippen LogP contribution is 2.38. The predicted molar refractivity (Wildman–Crippen MR) is 89.1 cm³/mol. The van der Waals surface area contributed by atoms with Crippen LogP contribution >= 0.6 is 0 Å². The van der Waals surface area contributed by atoms with Gasteiger partial charge in [-0.15, -0.1) is 0 Å². The number of amides is 2. The van der Waals surface area contributed by atoms with E-state index in [1.165, 1.54) is 24.3 Å². The molecule has 0 radical (unpaired) electrons. The molecule has 0 bridgehead atoms. The van der Waals surface area contributed by atoms with Crippen LogP contribution in [0.3, 0.4) is 0 Å². The largest absolute Gasteiger partial charge is 0.350 e. The molecule has 2 amide bonds. The van der Waals surface area contributed by atoms with Crippen molar-refractivity contribution in [2.24, 2.45) is 5.41 Å². The fourth-order valence-corrected chi connectivity index (χ4v) is 3.68. The van der Waals surface area contributed by atoms with E-state index in [0.717, 1.165) is 38.9 Å². The lowest BCUT2D eigenvalue weighted by molar-refractivity contribution is -0.138. The van der Waals surface area contributed by atoms with Crippen molar-refractivity contribution < 1.29 is 14.0 Å². The number of halogens is 1. The first-order chi connectivity index (χ1) is 11.6. The van der Waals surface area contributed by atoms with Gasteiger partial charge < -0.3 is 15.5 Å². The molecule has 3 rings (SSSR count). The first-order valence-electron chi connectivity index (χ1n) is 8.60. The van der Waals surface area contributed by atoms with Crippen molar-refractivity contribution >= 4 is 11.8 Å². The Hall–Kier alpha value is -1.95. The summed E-state index contributed by atoms with van der Waals surface area (Å²) in [5.74, 6) is -0.427. The summed E-state index contributed by atoms with van der Waals surface area (Å²) < 4.78 is 12.9. The molecule has 0 aliphatic carbocycles. The van der Waals surface area contributed by atoms with Crippen molar-refractivity contribution in [1.82, 2.24) is 15.5 Å². The third kappa shape index (κ3) is 3.93. The monoisotopic (exact) mass is 333 g/mol. The Morgan fingerprint density at radius 1 is 1.21 bits per heavy atom. The van der Waals surface area contributed by atoms with Crippen molar-refractivity contribution in [2.45, 2.75) is 25.7 Å². The molecule has 2 fully saturated rings. The number of carbonyl (C=O) groups excluding carboxylic acids is 2. The summed E-state index contributed by atoms with van der Waals surface area (Å²) in [5.41, 5.74) is 0.677. The van der Waals surface area contributed by atoms with Gasteiger partial charge in [0.05, 0.1) is 0 Å². The van der Waals surface area contributed by atoms with Gasteiger partial charge in [0.2, 0.25) is 5.91 Å². The first kappa shape index (κ1) is 16.9. The lowest BCUT2D eigenvalue weighted by Gasteiger charge is -2.45. The maximum absolute atomic E-state index is 12.9. The Morgan fingerprint density at radius 2 is 1.92 bits per heavy atom. The van der Waals surface area contributed by atoms with Crippen LogP contribution < -0.4 is 10.6 Å². The molecule has 0 saturated carbocycles. The minimum atomic E-state index is -0.363. The third-order valence-corrected chi connectivity index (χ3v) is 5.19. The molecule has 2 aliphatic heterocycles. The highest BCUT2D eigenvalue weighted by atomic mass is 19.1. The lowest BCUT2D eigenvalue weighted by atomic mass is 9.73. The number of hydrogen-bond acceptors (Lipinski definition) is 3. The Bertz CT molecular complexity index is 597. The molecule has 0 unspecified atom stereocenters. The molecule has 0 atom stereocenters. The molecule has 2 N–H and O–H groups in total. The molecular formula is C18H24FN3O2. The molecule has 1 aromatic rings. The van der Waals surface area contributed by atoms with Gasteiger partial charge in [-0.1, -0.05) is 0 Å². The molecular weight excluding hydrogens is 309 g/mol. The quantitative estimate of drug-likeness (QED) is 0.879. The van der Waals surface area contributed by atoms with Crippen molar-refractivity contribution in [2.75, 3.05) is 32.7 Å². The SMILES string of the molecule is O=C(NCCN1CC2(CCNCC2)CCC1=O)c1ccc(F)cc1. The summed E-state index contributed by atoms with van der Waals surface area (Å²) >= 11 is 0. The highest BCUT2D eigenvalue weighted by Gasteiger charge is 2.39. The minimum absolute atomic E-state index is 0.176. The molecule has 2 heterocycles. The maximum Gasteiger partial charge on any atom is 0.251 e. The van der Waals surface area contributed by atoms with Gasteiger partial charge in [-0.2, -0.15) is 0 Å². The predicted octanol–water partition coefficient (Wildman–Crippen LogP) is 1.55. The van der Waals surface area contributed by atoms with Crippen LogP contribution in [0.2, 0.25) is 0 Å². The van der Waals surface area contributed by atoms with Gasteiger partial charge in [-0.25, -0.2) is 4.39 Å². The summed E-state index contributed by atoms with van der Waals surface area (Å²) in [6.07, 6.45) is 3.80. The minimum Gasteiger partial charge on any atom is -0.350 e. The number of benzene rings is 1. The summed E-state index contributed by atoms with van der Waals surface area (Å²) in [4.78, 5) is 26.1. The molecule has 2 saturated heterocycles. The van der Waals surface area contributed by atoms with Crippen LogP contribution in [0, 0.1) is 11.2 Å². The third-order valence-electron chi connectivity index (χ3n) is 5.19. The van der Waals surface area contributed by atoms with Crippen LogP contribution in [0.4, 0.5) is 4.39 Å². The van der Waals surface area contributed by atoms with Crippen LogP contribution in [-0.4, -0.2) is 49.4 Å². The average Bonchev–Trinajstić information content (AvgIpc) is 2.59. The fraction of sp³-hybridized carbons (Fsp3) is 0.556. The Morgan fingerprint density at radius 3 is 2.62 bits per heavy atom. The number of rotatable bonds is 4. The summed E-state index contributed by atoms with van der Waals surface area (Å²) in [6, 6.07) is 5.45. The van der Waals surface area contributed by atoms with Gasteiger partial charge in [-0.05, 0) is 62.0 Å². The zero-order valence-corrected chi connectivity index (χ0v) is 13.8. The van der Waals surface area contributed by atoms with E-state index in [2.05, 4.69) is 10.6 Å². The molecule has 1 aromatic carbocycles. The first-order valence-corrected chi connectivity index (χ1v) is 8.60. The van der Waals surface area contributed by atoms with Crippen LogP contribution in [0.25, 0.3) is 0 Å². The van der Waals surface area contributed by atoms with Crippen molar-refractivity contribution in [1.29, 1.82) is 0 Å². The standard InChI is InChI=1S/C18H24FN3O2/c19-15-3-1-14(2-4-15)17(24)21-11-12-22-13-18(6-5-16(22)23)7-9-20-10-8-18/h1-4,20H,5-13H2,(H,21,24). The topological polar surface area (TPSA) is 61.4 Å². The zero-order chi connectivity index (χ0) is 17.0. The number of carbonyl (C=O) groups is 2. The van der Waals surface area contributed by atoms with Gasteiger partial charge in [-0.3, -0.25) is 9.59 Å². The Balaban J connectivity index is 1.50. The van der Waals surface area contributed by atoms with Gasteiger partial charge in [0.25, 0.3) is 5.91 Å². The number of nitrogens with zero attached hydrogens (tertiary/aromatic N) is 1. The second-order valence-corrected chi connectivity index (χ2v) is 6.83. The molecule has 1 spiro atoms.